The predicted octanol–water partition coefficient (Wildman–Crippen LogP) is 3.54. The summed E-state index contributed by atoms with van der Waals surface area (Å²) in [4.78, 5) is 28.5. The van der Waals surface area contributed by atoms with Crippen LogP contribution in [0, 0.1) is 12.8 Å². The summed E-state index contributed by atoms with van der Waals surface area (Å²) < 4.78 is 0. The molecular weight excluding hydrogens is 314 g/mol. The molecule has 2 aliphatic heterocycles. The molecule has 2 aliphatic rings. The van der Waals surface area contributed by atoms with Gasteiger partial charge in [0, 0.05) is 30.9 Å². The third-order valence-electron chi connectivity index (χ3n) is 5.40. The number of ketones is 1. The number of hydrogen-bond donors (Lipinski definition) is 1. The third kappa shape index (κ3) is 4.60. The van der Waals surface area contributed by atoms with Crippen molar-refractivity contribution >= 4 is 17.5 Å². The number of carbonyl (C=O) groups excluding carboxylic acids is 2. The Balaban J connectivity index is 1.52. The van der Waals surface area contributed by atoms with Gasteiger partial charge in [0.15, 0.2) is 5.78 Å². The van der Waals surface area contributed by atoms with Gasteiger partial charge in [0.05, 0.1) is 0 Å². The van der Waals surface area contributed by atoms with E-state index in [1.54, 1.807) is 13.0 Å². The Labute approximate surface area is 150 Å². The highest BCUT2D eigenvalue weighted by atomic mass is 16.2. The van der Waals surface area contributed by atoms with Gasteiger partial charge in [-0.1, -0.05) is 6.42 Å². The zero-order chi connectivity index (χ0) is 17.8. The molecule has 2 amide bonds. The van der Waals surface area contributed by atoms with Crippen LogP contribution in [-0.4, -0.2) is 54.3 Å². The smallest absolute Gasteiger partial charge is 0.321 e. The van der Waals surface area contributed by atoms with Gasteiger partial charge in [-0.2, -0.15) is 0 Å². The summed E-state index contributed by atoms with van der Waals surface area (Å²) in [5, 5.41) is 2.98. The van der Waals surface area contributed by atoms with Crippen molar-refractivity contribution in [3.05, 3.63) is 29.3 Å². The predicted molar refractivity (Wildman–Crippen MR) is 100 cm³/mol. The van der Waals surface area contributed by atoms with Crippen LogP contribution < -0.4 is 5.32 Å². The number of nitrogens with zero attached hydrogens (tertiary/aromatic N) is 2. The van der Waals surface area contributed by atoms with Crippen molar-refractivity contribution < 1.29 is 9.59 Å². The number of hydrogen-bond acceptors (Lipinski definition) is 3. The second-order valence-electron chi connectivity index (χ2n) is 7.48. The molecule has 0 aromatic heterocycles. The van der Waals surface area contributed by atoms with Gasteiger partial charge in [0.2, 0.25) is 0 Å². The minimum Gasteiger partial charge on any atom is -0.324 e. The van der Waals surface area contributed by atoms with Crippen LogP contribution >= 0.6 is 0 Å². The summed E-state index contributed by atoms with van der Waals surface area (Å²) in [7, 11) is 0. The summed E-state index contributed by atoms with van der Waals surface area (Å²) in [6.45, 7) is 8.68. The average molecular weight is 343 g/mol. The molecule has 25 heavy (non-hydrogen) atoms. The van der Waals surface area contributed by atoms with E-state index < -0.39 is 0 Å². The number of Topliss-reactive ketones (excluding diaryl/α,β-unsaturated/α-hetero) is 1. The van der Waals surface area contributed by atoms with Crippen molar-refractivity contribution in [2.75, 3.05) is 38.0 Å². The number of amides is 2. The number of nitrogens with one attached hydrogen (secondary N) is 1. The van der Waals surface area contributed by atoms with Crippen molar-refractivity contribution in [2.24, 2.45) is 5.92 Å². The van der Waals surface area contributed by atoms with Crippen LogP contribution in [0.4, 0.5) is 10.5 Å². The molecule has 136 valence electrons. The zero-order valence-corrected chi connectivity index (χ0v) is 15.4. The third-order valence-corrected chi connectivity index (χ3v) is 5.40. The molecule has 1 N–H and O–H groups in total. The number of benzene rings is 1. The van der Waals surface area contributed by atoms with E-state index in [-0.39, 0.29) is 11.8 Å². The molecule has 2 fully saturated rings. The fourth-order valence-electron chi connectivity index (χ4n) is 4.01. The second kappa shape index (κ2) is 8.00. The Kier molecular flexibility index (Phi) is 5.74. The normalized spacial score (nSPS) is 21.4. The van der Waals surface area contributed by atoms with Gasteiger partial charge in [0.25, 0.3) is 0 Å². The van der Waals surface area contributed by atoms with Crippen LogP contribution in [0.5, 0.6) is 0 Å². The van der Waals surface area contributed by atoms with Crippen molar-refractivity contribution in [2.45, 2.75) is 39.5 Å². The van der Waals surface area contributed by atoms with Gasteiger partial charge in [-0.05, 0) is 75.9 Å². The first-order valence-electron chi connectivity index (χ1n) is 9.43. The molecule has 1 unspecified atom stereocenters. The van der Waals surface area contributed by atoms with E-state index in [0.29, 0.717) is 11.5 Å². The number of likely N-dealkylation sites (tertiary alicyclic amines) is 2. The summed E-state index contributed by atoms with van der Waals surface area (Å²) in [6.07, 6.45) is 5.07. The molecule has 0 bridgehead atoms. The van der Waals surface area contributed by atoms with Crippen LogP contribution in [-0.2, 0) is 0 Å². The Hall–Kier alpha value is -1.88. The van der Waals surface area contributed by atoms with E-state index >= 15 is 0 Å². The standard InChI is InChI=1S/C20H29N3O2/c1-15-12-18(6-7-19(15)16(2)24)21-20(25)23-11-8-17(14-23)13-22-9-4-3-5-10-22/h6-7,12,17H,3-5,8-11,13-14H2,1-2H3,(H,21,25). The van der Waals surface area contributed by atoms with Crippen molar-refractivity contribution in [3.63, 3.8) is 0 Å². The first-order chi connectivity index (χ1) is 12.0. The highest BCUT2D eigenvalue weighted by molar-refractivity contribution is 5.97. The topological polar surface area (TPSA) is 52.7 Å². The maximum absolute atomic E-state index is 12.5. The number of anilines is 1. The Morgan fingerprint density at radius 2 is 1.92 bits per heavy atom. The zero-order valence-electron chi connectivity index (χ0n) is 15.4. The number of carbonyl (C=O) groups is 2. The van der Waals surface area contributed by atoms with Gasteiger partial charge in [-0.25, -0.2) is 4.79 Å². The van der Waals surface area contributed by atoms with E-state index in [9.17, 15) is 9.59 Å². The SMILES string of the molecule is CC(=O)c1ccc(NC(=O)N2CCC(CN3CCCCC3)C2)cc1C. The van der Waals surface area contributed by atoms with Crippen LogP contribution in [0.3, 0.4) is 0 Å². The summed E-state index contributed by atoms with van der Waals surface area (Å²) in [5.41, 5.74) is 2.36. The molecule has 1 atom stereocenters. The number of rotatable bonds is 4. The van der Waals surface area contributed by atoms with E-state index in [0.717, 1.165) is 37.3 Å². The Morgan fingerprint density at radius 3 is 2.60 bits per heavy atom. The molecule has 1 aromatic rings. The number of urea groups is 1. The van der Waals surface area contributed by atoms with Gasteiger partial charge in [-0.15, -0.1) is 0 Å². The van der Waals surface area contributed by atoms with Gasteiger partial charge in [0.1, 0.15) is 0 Å². The largest absolute Gasteiger partial charge is 0.324 e. The molecule has 1 aromatic carbocycles. The van der Waals surface area contributed by atoms with E-state index in [4.69, 9.17) is 0 Å². The maximum atomic E-state index is 12.5. The van der Waals surface area contributed by atoms with Gasteiger partial charge < -0.3 is 15.1 Å². The van der Waals surface area contributed by atoms with Gasteiger partial charge in [-0.3, -0.25) is 4.79 Å². The number of aryl methyl sites for hydroxylation is 1. The fraction of sp³-hybridized carbons (Fsp3) is 0.600. The lowest BCUT2D eigenvalue weighted by Crippen LogP contribution is -2.37. The first kappa shape index (κ1) is 17.9. The molecule has 0 aliphatic carbocycles. The lowest BCUT2D eigenvalue weighted by molar-refractivity contribution is 0.101. The monoisotopic (exact) mass is 343 g/mol. The second-order valence-corrected chi connectivity index (χ2v) is 7.48. The van der Waals surface area contributed by atoms with Crippen molar-refractivity contribution in [1.82, 2.24) is 9.80 Å². The summed E-state index contributed by atoms with van der Waals surface area (Å²) in [6, 6.07) is 5.44. The minimum absolute atomic E-state index is 0.0314. The molecule has 3 rings (SSSR count). The molecule has 2 heterocycles. The summed E-state index contributed by atoms with van der Waals surface area (Å²) in [5.74, 6) is 0.640. The van der Waals surface area contributed by atoms with Crippen LogP contribution in [0.25, 0.3) is 0 Å². The quantitative estimate of drug-likeness (QED) is 0.851. The average Bonchev–Trinajstić information content (AvgIpc) is 3.04. The molecule has 5 heteroatoms. The van der Waals surface area contributed by atoms with Crippen molar-refractivity contribution in [1.29, 1.82) is 0 Å². The van der Waals surface area contributed by atoms with Crippen LogP contribution in [0.15, 0.2) is 18.2 Å². The van der Waals surface area contributed by atoms with E-state index in [2.05, 4.69) is 10.2 Å². The lowest BCUT2D eigenvalue weighted by Gasteiger charge is -2.29. The van der Waals surface area contributed by atoms with E-state index in [1.165, 1.54) is 32.4 Å². The fourth-order valence-corrected chi connectivity index (χ4v) is 4.01. The molecule has 2 saturated heterocycles. The molecule has 5 nitrogen and oxygen atoms in total. The van der Waals surface area contributed by atoms with Crippen LogP contribution in [0.2, 0.25) is 0 Å². The molecule has 0 radical (unpaired) electrons. The molecule has 0 saturated carbocycles. The Morgan fingerprint density at radius 1 is 1.16 bits per heavy atom. The molecule has 0 spiro atoms. The van der Waals surface area contributed by atoms with E-state index in [1.807, 2.05) is 24.0 Å². The highest BCUT2D eigenvalue weighted by Gasteiger charge is 2.28. The summed E-state index contributed by atoms with van der Waals surface area (Å²) >= 11 is 0. The lowest BCUT2D eigenvalue weighted by atomic mass is 10.1. The maximum Gasteiger partial charge on any atom is 0.321 e. The molecular formula is C20H29N3O2. The Bertz CT molecular complexity index is 638. The van der Waals surface area contributed by atoms with Crippen LogP contribution in [0.1, 0.15) is 48.5 Å². The van der Waals surface area contributed by atoms with Gasteiger partial charge >= 0.3 is 6.03 Å². The minimum atomic E-state index is -0.0314. The van der Waals surface area contributed by atoms with Crippen molar-refractivity contribution in [3.8, 4) is 0 Å². The number of piperidine rings is 1. The highest BCUT2D eigenvalue weighted by Crippen LogP contribution is 2.21. The first-order valence-corrected chi connectivity index (χ1v) is 9.43.